The van der Waals surface area contributed by atoms with Gasteiger partial charge in [-0.05, 0) is 18.9 Å². The van der Waals surface area contributed by atoms with E-state index in [4.69, 9.17) is 0 Å². The zero-order valence-corrected chi connectivity index (χ0v) is 16.2. The summed E-state index contributed by atoms with van der Waals surface area (Å²) >= 11 is 0. The van der Waals surface area contributed by atoms with Crippen molar-refractivity contribution in [3.63, 3.8) is 0 Å². The molecule has 0 atom stereocenters. The maximum absolute atomic E-state index is 12.4. The number of non-ortho nitro benzene ring substituents is 1. The second kappa shape index (κ2) is 7.98. The lowest BCUT2D eigenvalue weighted by atomic mass is 10.0. The fourth-order valence-corrected chi connectivity index (χ4v) is 3.56. The van der Waals surface area contributed by atoms with Crippen LogP contribution in [0, 0.1) is 16.0 Å². The van der Waals surface area contributed by atoms with E-state index in [2.05, 4.69) is 5.32 Å². The molecule has 1 saturated heterocycles. The first-order chi connectivity index (χ1) is 13.7. The van der Waals surface area contributed by atoms with Crippen molar-refractivity contribution < 1.29 is 24.1 Å². The number of likely N-dealkylation sites (tertiary alicyclic amines) is 1. The lowest BCUT2D eigenvalue weighted by Gasteiger charge is -2.33. The summed E-state index contributed by atoms with van der Waals surface area (Å²) in [6.07, 6.45) is 1.19. The molecular weight excluding hydrogens is 380 g/mol. The number of carbonyl (C=O) groups is 4. The molecule has 1 N–H and O–H groups in total. The number of benzene rings is 1. The van der Waals surface area contributed by atoms with Crippen LogP contribution in [0.3, 0.4) is 0 Å². The van der Waals surface area contributed by atoms with Gasteiger partial charge < -0.3 is 10.2 Å². The minimum absolute atomic E-state index is 0.0499. The van der Waals surface area contributed by atoms with E-state index in [1.807, 2.05) is 13.8 Å². The Labute approximate surface area is 167 Å². The molecule has 1 aromatic carbocycles. The quantitative estimate of drug-likeness (QED) is 0.443. The number of nitro groups is 1. The first-order valence-corrected chi connectivity index (χ1v) is 9.41. The predicted octanol–water partition coefficient (Wildman–Crippen LogP) is 0.954. The Morgan fingerprint density at radius 3 is 2.38 bits per heavy atom. The van der Waals surface area contributed by atoms with Gasteiger partial charge in [0.15, 0.2) is 0 Å². The Balaban J connectivity index is 1.58. The zero-order valence-electron chi connectivity index (χ0n) is 16.2. The van der Waals surface area contributed by atoms with Crippen molar-refractivity contribution in [1.29, 1.82) is 0 Å². The summed E-state index contributed by atoms with van der Waals surface area (Å²) in [4.78, 5) is 62.0. The van der Waals surface area contributed by atoms with Crippen LogP contribution in [-0.2, 0) is 9.59 Å². The van der Waals surface area contributed by atoms with Crippen LogP contribution in [0.25, 0.3) is 0 Å². The molecule has 2 aliphatic heterocycles. The number of nitro benzene ring substituents is 1. The van der Waals surface area contributed by atoms with Gasteiger partial charge in [0.05, 0.1) is 16.1 Å². The third kappa shape index (κ3) is 4.10. The average molecular weight is 402 g/mol. The molecule has 4 amide bonds. The number of nitrogens with zero attached hydrogens (tertiary/aromatic N) is 3. The first-order valence-electron chi connectivity index (χ1n) is 9.41. The van der Waals surface area contributed by atoms with E-state index < -0.39 is 29.2 Å². The van der Waals surface area contributed by atoms with E-state index in [1.54, 1.807) is 4.90 Å². The lowest BCUT2D eigenvalue weighted by Crippen LogP contribution is -2.50. The highest BCUT2D eigenvalue weighted by Crippen LogP contribution is 2.26. The number of hydrogen-bond donors (Lipinski definition) is 1. The molecule has 0 aromatic heterocycles. The highest BCUT2D eigenvalue weighted by Gasteiger charge is 2.38. The third-order valence-corrected chi connectivity index (χ3v) is 5.13. The third-order valence-electron chi connectivity index (χ3n) is 5.13. The second-order valence-corrected chi connectivity index (χ2v) is 7.51. The molecule has 1 fully saturated rings. The average Bonchev–Trinajstić information content (AvgIpc) is 2.92. The molecule has 0 bridgehead atoms. The Hall–Kier alpha value is -3.30. The molecule has 0 unspecified atom stereocenters. The van der Waals surface area contributed by atoms with Crippen LogP contribution < -0.4 is 5.32 Å². The van der Waals surface area contributed by atoms with Crippen molar-refractivity contribution in [2.45, 2.75) is 32.7 Å². The van der Waals surface area contributed by atoms with Crippen molar-refractivity contribution in [2.75, 3.05) is 19.6 Å². The molecule has 2 heterocycles. The van der Waals surface area contributed by atoms with Crippen LogP contribution in [-0.4, -0.2) is 64.0 Å². The molecule has 154 valence electrons. The lowest BCUT2D eigenvalue weighted by molar-refractivity contribution is -0.384. The molecular formula is C19H22N4O6. The molecule has 0 radical (unpaired) electrons. The van der Waals surface area contributed by atoms with Crippen molar-refractivity contribution in [3.8, 4) is 0 Å². The van der Waals surface area contributed by atoms with Crippen LogP contribution in [0.5, 0.6) is 0 Å². The van der Waals surface area contributed by atoms with Gasteiger partial charge >= 0.3 is 0 Å². The van der Waals surface area contributed by atoms with E-state index in [1.165, 1.54) is 6.07 Å². The number of nitrogens with one attached hydrogen (secondary N) is 1. The SMILES string of the molecule is CC(C)C(=O)N1CCC(NC(=O)CN2C(=O)c3ccc([N+](=O)[O-])cc3C2=O)CC1. The Morgan fingerprint density at radius 2 is 1.79 bits per heavy atom. The summed E-state index contributed by atoms with van der Waals surface area (Å²) in [6.45, 7) is 4.31. The van der Waals surface area contributed by atoms with E-state index in [0.29, 0.717) is 25.9 Å². The summed E-state index contributed by atoms with van der Waals surface area (Å²) in [7, 11) is 0. The van der Waals surface area contributed by atoms with Crippen molar-refractivity contribution in [2.24, 2.45) is 5.92 Å². The number of fused-ring (bicyclic) bond motifs is 1. The summed E-state index contributed by atoms with van der Waals surface area (Å²) in [6, 6.07) is 3.29. The first kappa shape index (κ1) is 20.4. The van der Waals surface area contributed by atoms with Crippen LogP contribution in [0.4, 0.5) is 5.69 Å². The minimum Gasteiger partial charge on any atom is -0.352 e. The summed E-state index contributed by atoms with van der Waals surface area (Å²) in [5, 5.41) is 13.7. The fourth-order valence-electron chi connectivity index (χ4n) is 3.56. The van der Waals surface area contributed by atoms with Gasteiger partial charge in [0.25, 0.3) is 17.5 Å². The van der Waals surface area contributed by atoms with Gasteiger partial charge in [-0.1, -0.05) is 13.8 Å². The van der Waals surface area contributed by atoms with Crippen molar-refractivity contribution >= 4 is 29.3 Å². The van der Waals surface area contributed by atoms with Gasteiger partial charge in [-0.15, -0.1) is 0 Å². The minimum atomic E-state index is -0.721. The Kier molecular flexibility index (Phi) is 5.62. The highest BCUT2D eigenvalue weighted by molar-refractivity contribution is 6.22. The van der Waals surface area contributed by atoms with Crippen molar-refractivity contribution in [1.82, 2.24) is 15.1 Å². The Bertz CT molecular complexity index is 889. The van der Waals surface area contributed by atoms with Crippen LogP contribution in [0.15, 0.2) is 18.2 Å². The molecule has 29 heavy (non-hydrogen) atoms. The number of piperidine rings is 1. The largest absolute Gasteiger partial charge is 0.352 e. The number of rotatable bonds is 5. The van der Waals surface area contributed by atoms with E-state index in [9.17, 15) is 29.3 Å². The van der Waals surface area contributed by atoms with Gasteiger partial charge in [-0.25, -0.2) is 0 Å². The standard InChI is InChI=1S/C19H22N4O6/c1-11(2)17(25)21-7-5-12(6-8-21)20-16(24)10-22-18(26)14-4-3-13(23(28)29)9-15(14)19(22)27/h3-4,9,11-12H,5-8,10H2,1-2H3,(H,20,24). The molecule has 0 aliphatic carbocycles. The van der Waals surface area contributed by atoms with E-state index in [0.717, 1.165) is 17.0 Å². The number of carbonyl (C=O) groups excluding carboxylic acids is 4. The number of hydrogen-bond acceptors (Lipinski definition) is 6. The normalized spacial score (nSPS) is 16.9. The molecule has 1 aromatic rings. The molecule has 10 heteroatoms. The molecule has 10 nitrogen and oxygen atoms in total. The summed E-state index contributed by atoms with van der Waals surface area (Å²) < 4.78 is 0. The smallest absolute Gasteiger partial charge is 0.270 e. The maximum Gasteiger partial charge on any atom is 0.270 e. The maximum atomic E-state index is 12.4. The topological polar surface area (TPSA) is 130 Å². The van der Waals surface area contributed by atoms with Gasteiger partial charge in [0, 0.05) is 37.2 Å². The van der Waals surface area contributed by atoms with Gasteiger partial charge in [0.2, 0.25) is 11.8 Å². The monoisotopic (exact) mass is 402 g/mol. The Morgan fingerprint density at radius 1 is 1.17 bits per heavy atom. The van der Waals surface area contributed by atoms with Crippen molar-refractivity contribution in [3.05, 3.63) is 39.4 Å². The van der Waals surface area contributed by atoms with Crippen LogP contribution >= 0.6 is 0 Å². The fraction of sp³-hybridized carbons (Fsp3) is 0.474. The number of imide groups is 1. The van der Waals surface area contributed by atoms with E-state index in [-0.39, 0.29) is 34.7 Å². The predicted molar refractivity (Wildman–Crippen MR) is 101 cm³/mol. The van der Waals surface area contributed by atoms with Gasteiger partial charge in [-0.2, -0.15) is 0 Å². The zero-order chi connectivity index (χ0) is 21.3. The molecule has 0 saturated carbocycles. The van der Waals surface area contributed by atoms with Gasteiger partial charge in [0.1, 0.15) is 6.54 Å². The number of amides is 4. The molecule has 0 spiro atoms. The van der Waals surface area contributed by atoms with E-state index >= 15 is 0 Å². The summed E-state index contributed by atoms with van der Waals surface area (Å²) in [5.74, 6) is -1.85. The van der Waals surface area contributed by atoms with Gasteiger partial charge in [-0.3, -0.25) is 34.2 Å². The van der Waals surface area contributed by atoms with Crippen LogP contribution in [0.2, 0.25) is 0 Å². The summed E-state index contributed by atoms with van der Waals surface area (Å²) in [5.41, 5.74) is -0.315. The van der Waals surface area contributed by atoms with Crippen LogP contribution in [0.1, 0.15) is 47.4 Å². The highest BCUT2D eigenvalue weighted by atomic mass is 16.6. The molecule has 2 aliphatic rings. The second-order valence-electron chi connectivity index (χ2n) is 7.51. The molecule has 3 rings (SSSR count).